The number of ketones is 1. The maximum atomic E-state index is 12.0. The number of aliphatic carboxylic acids is 1. The molecule has 0 bridgehead atoms. The number of hydrogen-bond donors (Lipinski definition) is 1. The van der Waals surface area contributed by atoms with E-state index in [4.69, 9.17) is 5.11 Å². The summed E-state index contributed by atoms with van der Waals surface area (Å²) in [5.41, 5.74) is -0.125. The second kappa shape index (κ2) is 4.20. The van der Waals surface area contributed by atoms with Gasteiger partial charge in [0.05, 0.1) is 12.0 Å². The maximum Gasteiger partial charge on any atom is 0.340 e. The van der Waals surface area contributed by atoms with Gasteiger partial charge in [-0.25, -0.2) is 4.79 Å². The number of hydrogen-bond acceptors (Lipinski definition) is 3. The molecule has 4 heteroatoms. The van der Waals surface area contributed by atoms with E-state index < -0.39 is 5.97 Å². The molecule has 0 fully saturated rings. The highest BCUT2D eigenvalue weighted by atomic mass is 16.4. The summed E-state index contributed by atoms with van der Waals surface area (Å²) < 4.78 is 0. The Balaban J connectivity index is 2.46. The molecular formula is C13H15NO3. The molecule has 0 aromatic heterocycles. The Morgan fingerprint density at radius 3 is 2.59 bits per heavy atom. The van der Waals surface area contributed by atoms with Gasteiger partial charge in [-0.15, -0.1) is 0 Å². The molecule has 1 aliphatic heterocycles. The zero-order valence-electron chi connectivity index (χ0n) is 9.83. The van der Waals surface area contributed by atoms with E-state index in [1.165, 1.54) is 6.20 Å². The summed E-state index contributed by atoms with van der Waals surface area (Å²) in [7, 11) is 0. The van der Waals surface area contributed by atoms with Gasteiger partial charge in [-0.3, -0.25) is 4.79 Å². The predicted octanol–water partition coefficient (Wildman–Crippen LogP) is 1.36. The molecule has 0 radical (unpaired) electrons. The summed E-state index contributed by atoms with van der Waals surface area (Å²) >= 11 is 0. The fourth-order valence-corrected chi connectivity index (χ4v) is 2.25. The molecule has 0 amide bonds. The van der Waals surface area contributed by atoms with Crippen molar-refractivity contribution in [2.45, 2.75) is 25.9 Å². The Hall–Kier alpha value is -1.84. The molecule has 1 N–H and O–H groups in total. The normalized spacial score (nSPS) is 27.1. The minimum atomic E-state index is -1.15. The zero-order chi connectivity index (χ0) is 12.6. The van der Waals surface area contributed by atoms with E-state index in [1.54, 1.807) is 12.2 Å². The fraction of sp³-hybridized carbons (Fsp3) is 0.385. The van der Waals surface area contributed by atoms with Gasteiger partial charge in [0.1, 0.15) is 5.57 Å². The maximum absolute atomic E-state index is 12.0. The van der Waals surface area contributed by atoms with Crippen molar-refractivity contribution in [2.75, 3.05) is 0 Å². The molecule has 4 nitrogen and oxygen atoms in total. The molecule has 90 valence electrons. The highest BCUT2D eigenvalue weighted by Crippen LogP contribution is 2.29. The summed E-state index contributed by atoms with van der Waals surface area (Å²) in [4.78, 5) is 25.0. The number of carboxylic acid groups (broad SMARTS) is 1. The van der Waals surface area contributed by atoms with E-state index in [9.17, 15) is 9.59 Å². The summed E-state index contributed by atoms with van der Waals surface area (Å²) in [6.45, 7) is 3.96. The molecular weight excluding hydrogens is 218 g/mol. The molecule has 0 aromatic rings. The van der Waals surface area contributed by atoms with E-state index >= 15 is 0 Å². The summed E-state index contributed by atoms with van der Waals surface area (Å²) in [6.07, 6.45) is 8.88. The van der Waals surface area contributed by atoms with Gasteiger partial charge in [-0.1, -0.05) is 24.3 Å². The molecule has 0 saturated carbocycles. The molecule has 0 saturated heterocycles. The highest BCUT2D eigenvalue weighted by Gasteiger charge is 2.38. The van der Waals surface area contributed by atoms with Gasteiger partial charge in [0.25, 0.3) is 0 Å². The van der Waals surface area contributed by atoms with Crippen molar-refractivity contribution < 1.29 is 14.7 Å². The van der Waals surface area contributed by atoms with Crippen LogP contribution in [0.1, 0.15) is 13.8 Å². The number of fused-ring (bicyclic) bond motifs is 1. The fourth-order valence-electron chi connectivity index (χ4n) is 2.25. The first-order chi connectivity index (χ1) is 8.02. The van der Waals surface area contributed by atoms with Crippen molar-refractivity contribution in [1.29, 1.82) is 0 Å². The third-order valence-corrected chi connectivity index (χ3v) is 3.12. The standard InChI is InChI=1S/C13H15NO3/c1-8(2)14-7-10(13(16)17)12(15)9-5-3-4-6-11(9)14/h3-9,11H,1-2H3,(H,16,17)/t9-,11+/m0/s1. The molecule has 17 heavy (non-hydrogen) atoms. The average Bonchev–Trinajstić information content (AvgIpc) is 2.29. The van der Waals surface area contributed by atoms with Crippen LogP contribution in [0.2, 0.25) is 0 Å². The molecule has 1 aliphatic carbocycles. The number of carboxylic acids is 1. The second-order valence-corrected chi connectivity index (χ2v) is 4.54. The number of nitrogens with zero attached hydrogens (tertiary/aromatic N) is 1. The number of allylic oxidation sites excluding steroid dienone is 2. The van der Waals surface area contributed by atoms with E-state index in [0.717, 1.165) is 0 Å². The molecule has 0 unspecified atom stereocenters. The van der Waals surface area contributed by atoms with Crippen LogP contribution < -0.4 is 0 Å². The quantitative estimate of drug-likeness (QED) is 0.732. The third kappa shape index (κ3) is 1.90. The lowest BCUT2D eigenvalue weighted by molar-refractivity contribution is -0.136. The minimum Gasteiger partial charge on any atom is -0.478 e. The van der Waals surface area contributed by atoms with E-state index in [0.29, 0.717) is 0 Å². The molecule has 0 aromatic carbocycles. The highest BCUT2D eigenvalue weighted by molar-refractivity contribution is 6.18. The first-order valence-electron chi connectivity index (χ1n) is 5.64. The van der Waals surface area contributed by atoms with Gasteiger partial charge < -0.3 is 10.0 Å². The summed E-state index contributed by atoms with van der Waals surface area (Å²) in [6, 6.07) is 0.0942. The van der Waals surface area contributed by atoms with Crippen LogP contribution in [0.5, 0.6) is 0 Å². The summed E-state index contributed by atoms with van der Waals surface area (Å²) in [5.74, 6) is -1.83. The van der Waals surface area contributed by atoms with E-state index in [1.807, 2.05) is 30.9 Å². The lowest BCUT2D eigenvalue weighted by Crippen LogP contribution is -2.48. The Bertz CT molecular complexity index is 446. The number of carbonyl (C=O) groups is 2. The number of Topliss-reactive ketones (excluding diaryl/α,β-unsaturated/α-hetero) is 1. The Labute approximate surface area is 99.9 Å². The van der Waals surface area contributed by atoms with E-state index in [-0.39, 0.29) is 29.4 Å². The summed E-state index contributed by atoms with van der Waals surface area (Å²) in [5, 5.41) is 9.04. The largest absolute Gasteiger partial charge is 0.478 e. The second-order valence-electron chi connectivity index (χ2n) is 4.54. The van der Waals surface area contributed by atoms with Crippen molar-refractivity contribution in [3.63, 3.8) is 0 Å². The van der Waals surface area contributed by atoms with Gasteiger partial charge in [0, 0.05) is 12.2 Å². The van der Waals surface area contributed by atoms with Crippen LogP contribution in [0, 0.1) is 5.92 Å². The van der Waals surface area contributed by atoms with Gasteiger partial charge >= 0.3 is 5.97 Å². The minimum absolute atomic E-state index is 0.0596. The molecule has 2 aliphatic rings. The lowest BCUT2D eigenvalue weighted by atomic mass is 9.83. The third-order valence-electron chi connectivity index (χ3n) is 3.12. The Morgan fingerprint density at radius 1 is 1.35 bits per heavy atom. The SMILES string of the molecule is CC(C)N1C=C(C(=O)O)C(=O)[C@H]2C=CC=C[C@H]21. The molecule has 0 spiro atoms. The van der Waals surface area contributed by atoms with Crippen LogP contribution in [-0.4, -0.2) is 33.8 Å². The Morgan fingerprint density at radius 2 is 2.00 bits per heavy atom. The van der Waals surface area contributed by atoms with E-state index in [2.05, 4.69) is 0 Å². The number of carbonyl (C=O) groups excluding carboxylic acids is 1. The van der Waals surface area contributed by atoms with Crippen LogP contribution in [-0.2, 0) is 9.59 Å². The van der Waals surface area contributed by atoms with Crippen molar-refractivity contribution in [1.82, 2.24) is 4.90 Å². The first kappa shape index (κ1) is 11.6. The Kier molecular flexibility index (Phi) is 2.88. The van der Waals surface area contributed by atoms with Crippen LogP contribution >= 0.6 is 0 Å². The van der Waals surface area contributed by atoms with Crippen molar-refractivity contribution in [2.24, 2.45) is 5.92 Å². The predicted molar refractivity (Wildman–Crippen MR) is 63.3 cm³/mol. The van der Waals surface area contributed by atoms with Gasteiger partial charge in [0.2, 0.25) is 0 Å². The van der Waals surface area contributed by atoms with Crippen molar-refractivity contribution >= 4 is 11.8 Å². The molecule has 2 rings (SSSR count). The van der Waals surface area contributed by atoms with Crippen molar-refractivity contribution in [3.8, 4) is 0 Å². The van der Waals surface area contributed by atoms with Crippen LogP contribution in [0.25, 0.3) is 0 Å². The topological polar surface area (TPSA) is 57.6 Å². The smallest absolute Gasteiger partial charge is 0.340 e. The number of rotatable bonds is 2. The van der Waals surface area contributed by atoms with Gasteiger partial charge in [-0.2, -0.15) is 0 Å². The van der Waals surface area contributed by atoms with Crippen LogP contribution in [0.3, 0.4) is 0 Å². The lowest BCUT2D eigenvalue weighted by Gasteiger charge is -2.40. The monoisotopic (exact) mass is 233 g/mol. The zero-order valence-corrected chi connectivity index (χ0v) is 9.83. The van der Waals surface area contributed by atoms with Crippen LogP contribution in [0.15, 0.2) is 36.1 Å². The van der Waals surface area contributed by atoms with Gasteiger partial charge in [0.15, 0.2) is 5.78 Å². The average molecular weight is 233 g/mol. The van der Waals surface area contributed by atoms with Crippen LogP contribution in [0.4, 0.5) is 0 Å². The first-order valence-corrected chi connectivity index (χ1v) is 5.64. The van der Waals surface area contributed by atoms with Crippen molar-refractivity contribution in [3.05, 3.63) is 36.1 Å². The molecule has 1 heterocycles. The molecule has 2 atom stereocenters. The van der Waals surface area contributed by atoms with Gasteiger partial charge in [-0.05, 0) is 13.8 Å².